The Morgan fingerprint density at radius 1 is 1.38 bits per heavy atom. The number of carboxylic acids is 1. The Morgan fingerprint density at radius 3 is 2.67 bits per heavy atom. The van der Waals surface area contributed by atoms with Crippen LogP contribution in [0.3, 0.4) is 0 Å². The third kappa shape index (κ3) is 3.12. The van der Waals surface area contributed by atoms with Crippen LogP contribution >= 0.6 is 11.6 Å². The van der Waals surface area contributed by atoms with Crippen molar-refractivity contribution in [1.82, 2.24) is 4.98 Å². The van der Waals surface area contributed by atoms with Crippen LogP contribution in [0, 0.1) is 25.2 Å². The van der Waals surface area contributed by atoms with Crippen LogP contribution < -0.4 is 5.32 Å². The molecule has 0 radical (unpaired) electrons. The van der Waals surface area contributed by atoms with Crippen LogP contribution in [0.2, 0.25) is 5.02 Å². The van der Waals surface area contributed by atoms with Crippen LogP contribution in [0.1, 0.15) is 27.2 Å². The van der Waals surface area contributed by atoms with Crippen molar-refractivity contribution in [3.05, 3.63) is 51.7 Å². The van der Waals surface area contributed by atoms with Crippen molar-refractivity contribution in [3.8, 4) is 6.07 Å². The molecule has 0 bridgehead atoms. The summed E-state index contributed by atoms with van der Waals surface area (Å²) in [5, 5.41) is 21.4. The van der Waals surface area contributed by atoms with E-state index in [4.69, 9.17) is 16.7 Å². The van der Waals surface area contributed by atoms with E-state index in [-0.39, 0.29) is 10.6 Å². The van der Waals surface area contributed by atoms with Crippen molar-refractivity contribution < 1.29 is 9.90 Å². The number of nitrogens with one attached hydrogen (secondary N) is 1. The molecule has 0 unspecified atom stereocenters. The first-order valence-corrected chi connectivity index (χ1v) is 6.48. The first-order chi connectivity index (χ1) is 9.92. The molecule has 1 heterocycles. The summed E-state index contributed by atoms with van der Waals surface area (Å²) in [4.78, 5) is 15.2. The monoisotopic (exact) mass is 301 g/mol. The van der Waals surface area contributed by atoms with E-state index in [1.54, 1.807) is 6.07 Å². The van der Waals surface area contributed by atoms with E-state index in [0.717, 1.165) is 11.3 Å². The van der Waals surface area contributed by atoms with Crippen molar-refractivity contribution in [3.63, 3.8) is 0 Å². The second-order valence-electron chi connectivity index (χ2n) is 4.54. The minimum Gasteiger partial charge on any atom is -0.478 e. The number of aromatic nitrogens is 1. The van der Waals surface area contributed by atoms with Gasteiger partial charge in [-0.15, -0.1) is 0 Å². The van der Waals surface area contributed by atoms with Crippen LogP contribution in [0.5, 0.6) is 0 Å². The molecule has 1 aromatic carbocycles. The number of halogens is 1. The quantitative estimate of drug-likeness (QED) is 0.903. The normalized spacial score (nSPS) is 10.0. The largest absolute Gasteiger partial charge is 0.478 e. The van der Waals surface area contributed by atoms with E-state index in [9.17, 15) is 10.1 Å². The van der Waals surface area contributed by atoms with E-state index >= 15 is 0 Å². The van der Waals surface area contributed by atoms with Crippen molar-refractivity contribution in [1.29, 1.82) is 5.26 Å². The highest BCUT2D eigenvalue weighted by atomic mass is 35.5. The molecular weight excluding hydrogens is 290 g/mol. The van der Waals surface area contributed by atoms with E-state index in [0.29, 0.717) is 17.1 Å². The summed E-state index contributed by atoms with van der Waals surface area (Å²) in [6, 6.07) is 8.25. The highest BCUT2D eigenvalue weighted by molar-refractivity contribution is 6.33. The lowest BCUT2D eigenvalue weighted by Gasteiger charge is -2.12. The Morgan fingerprint density at radius 2 is 2.10 bits per heavy atom. The predicted octanol–water partition coefficient (Wildman–Crippen LogP) is 3.67. The molecule has 5 nitrogen and oxygen atoms in total. The van der Waals surface area contributed by atoms with Crippen molar-refractivity contribution in [2.24, 2.45) is 0 Å². The Labute approximate surface area is 126 Å². The smallest absolute Gasteiger partial charge is 0.335 e. The fourth-order valence-electron chi connectivity index (χ4n) is 1.95. The Balaban J connectivity index is 2.44. The molecule has 2 N–H and O–H groups in total. The van der Waals surface area contributed by atoms with Gasteiger partial charge in [0.2, 0.25) is 0 Å². The van der Waals surface area contributed by atoms with Gasteiger partial charge in [-0.25, -0.2) is 9.78 Å². The third-order valence-corrected chi connectivity index (χ3v) is 3.24. The second-order valence-corrected chi connectivity index (χ2v) is 4.95. The lowest BCUT2D eigenvalue weighted by molar-refractivity contribution is 0.0697. The fraction of sp³-hybridized carbons (Fsp3) is 0.133. The van der Waals surface area contributed by atoms with Gasteiger partial charge in [-0.2, -0.15) is 5.26 Å². The highest BCUT2D eigenvalue weighted by Gasteiger charge is 2.12. The fourth-order valence-corrected chi connectivity index (χ4v) is 2.17. The van der Waals surface area contributed by atoms with Gasteiger partial charge >= 0.3 is 5.97 Å². The molecule has 21 heavy (non-hydrogen) atoms. The Hall–Kier alpha value is -2.58. The number of carbonyl (C=O) groups is 1. The molecule has 106 valence electrons. The number of hydrogen-bond acceptors (Lipinski definition) is 4. The van der Waals surface area contributed by atoms with Crippen LogP contribution in [-0.2, 0) is 0 Å². The van der Waals surface area contributed by atoms with E-state index < -0.39 is 5.97 Å². The number of carboxylic acid groups (broad SMARTS) is 1. The maximum absolute atomic E-state index is 10.9. The summed E-state index contributed by atoms with van der Waals surface area (Å²) in [5.41, 5.74) is 2.60. The number of aromatic carboxylic acids is 1. The molecule has 0 fully saturated rings. The molecule has 0 atom stereocenters. The highest BCUT2D eigenvalue weighted by Crippen LogP contribution is 2.28. The number of rotatable bonds is 3. The van der Waals surface area contributed by atoms with Crippen molar-refractivity contribution >= 4 is 29.1 Å². The number of hydrogen-bond donors (Lipinski definition) is 2. The molecule has 6 heteroatoms. The summed E-state index contributed by atoms with van der Waals surface area (Å²) in [6.45, 7) is 3.65. The molecule has 0 spiro atoms. The van der Waals surface area contributed by atoms with Crippen LogP contribution in [0.15, 0.2) is 24.3 Å². The van der Waals surface area contributed by atoms with Gasteiger partial charge in [0.15, 0.2) is 0 Å². The number of pyridine rings is 1. The van der Waals surface area contributed by atoms with Crippen LogP contribution in [0.4, 0.5) is 11.5 Å². The Bertz CT molecular complexity index is 766. The summed E-state index contributed by atoms with van der Waals surface area (Å²) in [6.07, 6.45) is 0. The molecule has 0 aliphatic carbocycles. The average Bonchev–Trinajstić information content (AvgIpc) is 2.40. The van der Waals surface area contributed by atoms with Gasteiger partial charge in [0, 0.05) is 5.69 Å². The number of nitriles is 1. The van der Waals surface area contributed by atoms with Crippen LogP contribution in [-0.4, -0.2) is 16.1 Å². The number of benzene rings is 1. The summed E-state index contributed by atoms with van der Waals surface area (Å²) >= 11 is 6.06. The maximum atomic E-state index is 10.9. The lowest BCUT2D eigenvalue weighted by Crippen LogP contribution is -2.02. The summed E-state index contributed by atoms with van der Waals surface area (Å²) < 4.78 is 0. The van der Waals surface area contributed by atoms with Gasteiger partial charge in [0.1, 0.15) is 11.9 Å². The molecule has 2 aromatic rings. The third-order valence-electron chi connectivity index (χ3n) is 2.93. The predicted molar refractivity (Wildman–Crippen MR) is 80.1 cm³/mol. The number of anilines is 2. The SMILES string of the molecule is Cc1cc(C)c(C#N)c(Nc2ccc(C(=O)O)cc2Cl)n1. The molecule has 1 aromatic heterocycles. The zero-order valence-corrected chi connectivity index (χ0v) is 12.2. The van der Waals surface area contributed by atoms with E-state index in [1.807, 2.05) is 19.9 Å². The molecule has 0 amide bonds. The zero-order valence-electron chi connectivity index (χ0n) is 11.4. The minimum atomic E-state index is -1.05. The second kappa shape index (κ2) is 5.81. The number of aryl methyl sites for hydroxylation is 2. The molecule has 2 rings (SSSR count). The van der Waals surface area contributed by atoms with Crippen molar-refractivity contribution in [2.75, 3.05) is 5.32 Å². The van der Waals surface area contributed by atoms with Crippen molar-refractivity contribution in [2.45, 2.75) is 13.8 Å². The maximum Gasteiger partial charge on any atom is 0.335 e. The molecular formula is C15H12ClN3O2. The van der Waals surface area contributed by atoms with Gasteiger partial charge in [0.25, 0.3) is 0 Å². The molecule has 0 aliphatic heterocycles. The van der Waals surface area contributed by atoms with E-state index in [1.165, 1.54) is 12.1 Å². The van der Waals surface area contributed by atoms with Gasteiger partial charge < -0.3 is 10.4 Å². The zero-order chi connectivity index (χ0) is 15.6. The minimum absolute atomic E-state index is 0.0967. The van der Waals surface area contributed by atoms with Gasteiger partial charge in [-0.1, -0.05) is 11.6 Å². The lowest BCUT2D eigenvalue weighted by atomic mass is 10.1. The van der Waals surface area contributed by atoms with Gasteiger partial charge in [0.05, 0.1) is 21.8 Å². The first-order valence-electron chi connectivity index (χ1n) is 6.10. The molecule has 0 aliphatic rings. The standard InChI is InChI=1S/C15H12ClN3O2/c1-8-5-9(2)18-14(11(8)7-17)19-13-4-3-10(15(20)21)6-12(13)16/h3-6H,1-2H3,(H,18,19)(H,20,21). The van der Waals surface area contributed by atoms with Crippen LogP contribution in [0.25, 0.3) is 0 Å². The van der Waals surface area contributed by atoms with Gasteiger partial charge in [-0.05, 0) is 43.7 Å². The summed E-state index contributed by atoms with van der Waals surface area (Å²) in [7, 11) is 0. The van der Waals surface area contributed by atoms with E-state index in [2.05, 4.69) is 16.4 Å². The van der Waals surface area contributed by atoms with Gasteiger partial charge in [-0.3, -0.25) is 0 Å². The Kier molecular flexibility index (Phi) is 4.10. The first kappa shape index (κ1) is 14.8. The topological polar surface area (TPSA) is 86.0 Å². The molecule has 0 saturated carbocycles. The number of nitrogens with zero attached hydrogens (tertiary/aromatic N) is 2. The molecule has 0 saturated heterocycles. The average molecular weight is 302 g/mol. The summed E-state index contributed by atoms with van der Waals surface area (Å²) in [5.74, 6) is -0.648.